The molecule has 246 valence electrons. The zero-order valence-electron chi connectivity index (χ0n) is 29.6. The molecule has 4 nitrogen and oxygen atoms in total. The summed E-state index contributed by atoms with van der Waals surface area (Å²) in [5.41, 5.74) is 11.3. The van der Waals surface area contributed by atoms with Crippen molar-refractivity contribution < 1.29 is 19.1 Å². The Labute approximate surface area is 276 Å². The second-order valence-corrected chi connectivity index (χ2v) is 16.3. The molecule has 0 N–H and O–H groups in total. The van der Waals surface area contributed by atoms with Gasteiger partial charge in [0.25, 0.3) is 0 Å². The third-order valence-electron chi connectivity index (χ3n) is 11.2. The van der Waals surface area contributed by atoms with Crippen LogP contribution in [0, 0.1) is 0 Å². The van der Waals surface area contributed by atoms with Crippen LogP contribution >= 0.6 is 0 Å². The van der Waals surface area contributed by atoms with Gasteiger partial charge in [-0.2, -0.15) is 0 Å². The van der Waals surface area contributed by atoms with Gasteiger partial charge in [-0.1, -0.05) is 104 Å². The zero-order chi connectivity index (χ0) is 33.0. The number of carbonyl (C=O) groups excluding carboxylic acids is 2. The van der Waals surface area contributed by atoms with Crippen LogP contribution in [0.5, 0.6) is 0 Å². The molecule has 0 atom stereocenters. The molecule has 0 saturated heterocycles. The van der Waals surface area contributed by atoms with Gasteiger partial charge >= 0.3 is 11.9 Å². The van der Waals surface area contributed by atoms with Crippen molar-refractivity contribution in [3.63, 3.8) is 0 Å². The molecule has 0 unspecified atom stereocenters. The lowest BCUT2D eigenvalue weighted by atomic mass is 9.64. The number of hydrogen-bond acceptors (Lipinski definition) is 4. The van der Waals surface area contributed by atoms with Crippen molar-refractivity contribution in [1.82, 2.24) is 0 Å². The summed E-state index contributed by atoms with van der Waals surface area (Å²) >= 11 is 0. The molecule has 2 saturated carbocycles. The summed E-state index contributed by atoms with van der Waals surface area (Å²) in [5.74, 6) is -0.335. The van der Waals surface area contributed by atoms with E-state index in [2.05, 4.69) is 65.8 Å². The van der Waals surface area contributed by atoms with Crippen LogP contribution in [-0.4, -0.2) is 26.2 Å². The van der Waals surface area contributed by atoms with Crippen LogP contribution in [0.15, 0.2) is 24.3 Å². The zero-order valence-corrected chi connectivity index (χ0v) is 29.6. The second kappa shape index (κ2) is 12.5. The Balaban J connectivity index is 1.79. The lowest BCUT2D eigenvalue weighted by molar-refractivity contribution is 0.0551. The van der Waals surface area contributed by atoms with E-state index in [1.54, 1.807) is 0 Å². The Morgan fingerprint density at radius 2 is 0.913 bits per heavy atom. The van der Waals surface area contributed by atoms with Gasteiger partial charge in [0, 0.05) is 0 Å². The van der Waals surface area contributed by atoms with Gasteiger partial charge in [-0.25, -0.2) is 9.59 Å². The highest BCUT2D eigenvalue weighted by Crippen LogP contribution is 2.52. The van der Waals surface area contributed by atoms with Crippen molar-refractivity contribution in [2.45, 2.75) is 141 Å². The fraction of sp³-hybridized carbons (Fsp3) is 0.571. The Morgan fingerprint density at radius 3 is 1.22 bits per heavy atom. The number of rotatable bonds is 4. The molecule has 0 aliphatic heterocycles. The summed E-state index contributed by atoms with van der Waals surface area (Å²) in [6.07, 6.45) is 12.7. The summed E-state index contributed by atoms with van der Waals surface area (Å²) in [5, 5.41) is 2.68. The number of fused-ring (bicyclic) bond motifs is 3. The average molecular weight is 623 g/mol. The van der Waals surface area contributed by atoms with Gasteiger partial charge in [0.15, 0.2) is 0 Å². The number of carbonyl (C=O) groups is 2. The first-order valence-corrected chi connectivity index (χ1v) is 17.8. The van der Waals surface area contributed by atoms with Crippen molar-refractivity contribution >= 4 is 22.7 Å². The predicted molar refractivity (Wildman–Crippen MR) is 188 cm³/mol. The third kappa shape index (κ3) is 5.58. The first-order valence-electron chi connectivity index (χ1n) is 17.8. The molecule has 6 rings (SSSR count). The summed E-state index contributed by atoms with van der Waals surface area (Å²) in [4.78, 5) is 28.1. The van der Waals surface area contributed by atoms with Crippen LogP contribution in [0.1, 0.15) is 183 Å². The van der Waals surface area contributed by atoms with Crippen molar-refractivity contribution in [3.05, 3.63) is 79.9 Å². The molecule has 3 aliphatic rings. The minimum absolute atomic E-state index is 0.0774. The fourth-order valence-corrected chi connectivity index (χ4v) is 9.61. The van der Waals surface area contributed by atoms with E-state index in [9.17, 15) is 9.59 Å². The lowest BCUT2D eigenvalue weighted by Crippen LogP contribution is -2.30. The highest BCUT2D eigenvalue weighted by atomic mass is 16.5. The van der Waals surface area contributed by atoms with E-state index >= 15 is 0 Å². The second-order valence-electron chi connectivity index (χ2n) is 16.3. The molecular weight excluding hydrogens is 568 g/mol. The molecule has 3 aromatic rings. The quantitative estimate of drug-likeness (QED) is 0.213. The maximum Gasteiger partial charge on any atom is 0.339 e. The molecule has 2 fully saturated rings. The molecule has 0 bridgehead atoms. The molecule has 3 aromatic carbocycles. The number of ether oxygens (including phenoxy) is 2. The number of benzene rings is 3. The van der Waals surface area contributed by atoms with Crippen molar-refractivity contribution in [2.24, 2.45) is 0 Å². The van der Waals surface area contributed by atoms with Crippen molar-refractivity contribution in [2.75, 3.05) is 14.2 Å². The monoisotopic (exact) mass is 622 g/mol. The van der Waals surface area contributed by atoms with E-state index < -0.39 is 11.9 Å². The minimum Gasteiger partial charge on any atom is -0.465 e. The van der Waals surface area contributed by atoms with Crippen LogP contribution < -0.4 is 0 Å². The van der Waals surface area contributed by atoms with E-state index in [-0.39, 0.29) is 22.7 Å². The molecule has 46 heavy (non-hydrogen) atoms. The Morgan fingerprint density at radius 1 is 0.565 bits per heavy atom. The molecular formula is C42H54O4. The van der Waals surface area contributed by atoms with E-state index in [1.165, 1.54) is 71.2 Å². The van der Waals surface area contributed by atoms with Crippen molar-refractivity contribution in [3.8, 4) is 0 Å². The maximum atomic E-state index is 14.0. The van der Waals surface area contributed by atoms with E-state index in [4.69, 9.17) is 9.47 Å². The van der Waals surface area contributed by atoms with Gasteiger partial charge in [0.1, 0.15) is 0 Å². The van der Waals surface area contributed by atoms with Gasteiger partial charge in [0.2, 0.25) is 0 Å². The van der Waals surface area contributed by atoms with Gasteiger partial charge in [-0.05, 0) is 116 Å². The maximum absolute atomic E-state index is 14.0. The SMILES string of the molecule is COC(=O)c1c(C(=O)OC)c(C2CCCCC2)c2c(c1C1CCCCC1)Cc1c(c(C(C)(C)C)c3ccccc3c1C(C)(C)C)C2. The Hall–Kier alpha value is -3.14. The first-order chi connectivity index (χ1) is 21.9. The molecule has 4 heteroatoms. The molecule has 0 radical (unpaired) electrons. The predicted octanol–water partition coefficient (Wildman–Crippen LogP) is 10.6. The van der Waals surface area contributed by atoms with Crippen LogP contribution in [0.2, 0.25) is 0 Å². The first kappa shape index (κ1) is 32.8. The number of hydrogen-bond donors (Lipinski definition) is 0. The van der Waals surface area contributed by atoms with Gasteiger partial charge in [-0.3, -0.25) is 0 Å². The standard InChI is InChI=1S/C42H54O4/c1-41(2,3)37-27-21-15-16-22-28(27)38(42(4,5)6)32-24-30-29(23-31(32)37)33(25-17-11-9-12-18-25)35(39(43)45-7)36(40(44)46-8)34(30)26-19-13-10-14-20-26/h15-16,21-22,25-26H,9-14,17-20,23-24H2,1-8H3. The topological polar surface area (TPSA) is 52.6 Å². The highest BCUT2D eigenvalue weighted by molar-refractivity contribution is 6.06. The van der Waals surface area contributed by atoms with E-state index in [1.807, 2.05) is 0 Å². The average Bonchev–Trinajstić information content (AvgIpc) is 3.04. The third-order valence-corrected chi connectivity index (χ3v) is 11.2. The number of methoxy groups -OCH3 is 2. The normalized spacial score (nSPS) is 17.8. The molecule has 0 aromatic heterocycles. The summed E-state index contributed by atoms with van der Waals surface area (Å²) < 4.78 is 11.1. The summed E-state index contributed by atoms with van der Waals surface area (Å²) in [7, 11) is 2.92. The number of esters is 2. The van der Waals surface area contributed by atoms with Crippen LogP contribution in [0.3, 0.4) is 0 Å². The molecule has 0 amide bonds. The van der Waals surface area contributed by atoms with Gasteiger partial charge in [0.05, 0.1) is 25.3 Å². The Kier molecular flexibility index (Phi) is 8.89. The minimum atomic E-state index is -0.392. The van der Waals surface area contributed by atoms with Gasteiger partial charge in [-0.15, -0.1) is 0 Å². The van der Waals surface area contributed by atoms with Crippen LogP contribution in [0.25, 0.3) is 10.8 Å². The smallest absolute Gasteiger partial charge is 0.339 e. The Bertz CT molecular complexity index is 1540. The molecule has 3 aliphatic carbocycles. The highest BCUT2D eigenvalue weighted by Gasteiger charge is 2.41. The largest absolute Gasteiger partial charge is 0.465 e. The van der Waals surface area contributed by atoms with Gasteiger partial charge < -0.3 is 9.47 Å². The fourth-order valence-electron chi connectivity index (χ4n) is 9.61. The van der Waals surface area contributed by atoms with E-state index in [0.29, 0.717) is 11.1 Å². The summed E-state index contributed by atoms with van der Waals surface area (Å²) in [6, 6.07) is 8.99. The van der Waals surface area contributed by atoms with Crippen LogP contribution in [0.4, 0.5) is 0 Å². The van der Waals surface area contributed by atoms with Crippen LogP contribution in [-0.2, 0) is 33.1 Å². The lowest BCUT2D eigenvalue weighted by Gasteiger charge is -2.40. The van der Waals surface area contributed by atoms with E-state index in [0.717, 1.165) is 75.3 Å². The molecule has 0 spiro atoms. The molecule has 0 heterocycles. The van der Waals surface area contributed by atoms with Crippen molar-refractivity contribution in [1.29, 1.82) is 0 Å². The summed E-state index contributed by atoms with van der Waals surface area (Å²) in [6.45, 7) is 14.1.